The second kappa shape index (κ2) is 13.9. The molecule has 2 atom stereocenters. The van der Waals surface area contributed by atoms with Crippen molar-refractivity contribution in [2.24, 2.45) is 5.92 Å². The molecule has 1 N–H and O–H groups in total. The SMILES string of the molecule is CCCCCCCCCCCC(=O)Oc1cccc([C@]2(O)CCCC[C@H]2CN(C)C)c1. The number of aliphatic hydroxyl groups is 1. The number of hydrogen-bond donors (Lipinski definition) is 1. The third-order valence-electron chi connectivity index (χ3n) is 6.67. The first-order valence-electron chi connectivity index (χ1n) is 12.6. The summed E-state index contributed by atoms with van der Waals surface area (Å²) in [7, 11) is 4.11. The molecule has 0 heterocycles. The van der Waals surface area contributed by atoms with Crippen LogP contribution in [0.5, 0.6) is 5.75 Å². The summed E-state index contributed by atoms with van der Waals surface area (Å²) >= 11 is 0. The fraction of sp³-hybridized carbons (Fsp3) is 0.741. The van der Waals surface area contributed by atoms with E-state index in [1.54, 1.807) is 0 Å². The van der Waals surface area contributed by atoms with E-state index < -0.39 is 5.60 Å². The Balaban J connectivity index is 1.79. The van der Waals surface area contributed by atoms with Crippen molar-refractivity contribution in [2.45, 2.75) is 102 Å². The van der Waals surface area contributed by atoms with Crippen LogP contribution in [0.3, 0.4) is 0 Å². The zero-order valence-corrected chi connectivity index (χ0v) is 20.2. The fourth-order valence-corrected chi connectivity index (χ4v) is 4.88. The molecular weight excluding hydrogens is 386 g/mol. The first-order valence-corrected chi connectivity index (χ1v) is 12.6. The van der Waals surface area contributed by atoms with E-state index in [1.807, 2.05) is 24.3 Å². The number of rotatable bonds is 14. The van der Waals surface area contributed by atoms with Crippen molar-refractivity contribution in [1.29, 1.82) is 0 Å². The van der Waals surface area contributed by atoms with Crippen molar-refractivity contribution < 1.29 is 14.6 Å². The summed E-state index contributed by atoms with van der Waals surface area (Å²) in [6, 6.07) is 7.58. The largest absolute Gasteiger partial charge is 0.427 e. The molecule has 176 valence electrons. The molecule has 1 aliphatic rings. The third-order valence-corrected chi connectivity index (χ3v) is 6.67. The number of ether oxygens (including phenoxy) is 1. The van der Waals surface area contributed by atoms with Gasteiger partial charge in [0.2, 0.25) is 0 Å². The van der Waals surface area contributed by atoms with E-state index in [4.69, 9.17) is 4.74 Å². The van der Waals surface area contributed by atoms with Gasteiger partial charge in [-0.2, -0.15) is 0 Å². The average molecular weight is 432 g/mol. The standard InChI is InChI=1S/C27H45NO3/c1-4-5-6-7-8-9-10-11-12-19-26(29)31-25-18-15-17-23(21-25)27(30)20-14-13-16-24(27)22-28(2)3/h15,17-18,21,24,30H,4-14,16,19-20,22H2,1-3H3/t24-,27+/m0/s1. The number of hydrogen-bond acceptors (Lipinski definition) is 4. The molecule has 1 aliphatic carbocycles. The number of carbonyl (C=O) groups is 1. The summed E-state index contributed by atoms with van der Waals surface area (Å²) in [5.41, 5.74) is 0.0367. The molecule has 1 saturated carbocycles. The number of carbonyl (C=O) groups excluding carboxylic acids is 1. The molecule has 0 bridgehead atoms. The van der Waals surface area contributed by atoms with Crippen molar-refractivity contribution >= 4 is 5.97 Å². The molecule has 31 heavy (non-hydrogen) atoms. The Labute approximate surface area is 190 Å². The van der Waals surface area contributed by atoms with Gasteiger partial charge in [-0.15, -0.1) is 0 Å². The Kier molecular flexibility index (Phi) is 11.6. The molecule has 0 radical (unpaired) electrons. The van der Waals surface area contributed by atoms with Crippen molar-refractivity contribution in [3.05, 3.63) is 29.8 Å². The van der Waals surface area contributed by atoms with E-state index >= 15 is 0 Å². The van der Waals surface area contributed by atoms with Crippen LogP contribution in [0.25, 0.3) is 0 Å². The monoisotopic (exact) mass is 431 g/mol. The minimum Gasteiger partial charge on any atom is -0.427 e. The maximum Gasteiger partial charge on any atom is 0.311 e. The Morgan fingerprint density at radius 1 is 1.06 bits per heavy atom. The molecule has 0 spiro atoms. The molecule has 1 aromatic rings. The summed E-state index contributed by atoms with van der Waals surface area (Å²) in [4.78, 5) is 14.5. The van der Waals surface area contributed by atoms with Crippen LogP contribution in [0.1, 0.15) is 102 Å². The molecule has 4 nitrogen and oxygen atoms in total. The second-order valence-electron chi connectivity index (χ2n) is 9.71. The minimum atomic E-state index is -0.845. The highest BCUT2D eigenvalue weighted by Crippen LogP contribution is 2.42. The molecule has 0 saturated heterocycles. The number of nitrogens with zero attached hydrogens (tertiary/aromatic N) is 1. The van der Waals surface area contributed by atoms with Gasteiger partial charge in [-0.3, -0.25) is 4.79 Å². The summed E-state index contributed by atoms with van der Waals surface area (Å²) in [5.74, 6) is 0.589. The first-order chi connectivity index (χ1) is 15.0. The van der Waals surface area contributed by atoms with Crippen LogP contribution in [0.2, 0.25) is 0 Å². The number of esters is 1. The smallest absolute Gasteiger partial charge is 0.311 e. The lowest BCUT2D eigenvalue weighted by atomic mass is 9.71. The van der Waals surface area contributed by atoms with Crippen LogP contribution >= 0.6 is 0 Å². The Morgan fingerprint density at radius 3 is 2.42 bits per heavy atom. The molecule has 1 fully saturated rings. The summed E-state index contributed by atoms with van der Waals surface area (Å²) in [5, 5.41) is 11.5. The number of benzene rings is 1. The predicted molar refractivity (Wildman–Crippen MR) is 128 cm³/mol. The summed E-state index contributed by atoms with van der Waals surface area (Å²) in [6.45, 7) is 3.11. The molecule has 0 amide bonds. The summed E-state index contributed by atoms with van der Waals surface area (Å²) in [6.07, 6.45) is 15.6. The molecule has 2 rings (SSSR count). The van der Waals surface area contributed by atoms with Crippen LogP contribution in [-0.2, 0) is 10.4 Å². The van der Waals surface area contributed by atoms with E-state index in [0.717, 1.165) is 50.6 Å². The van der Waals surface area contributed by atoms with Crippen molar-refractivity contribution in [1.82, 2.24) is 4.90 Å². The molecular formula is C27H45NO3. The predicted octanol–water partition coefficient (Wildman–Crippen LogP) is 6.45. The van der Waals surface area contributed by atoms with Gasteiger partial charge < -0.3 is 14.7 Å². The van der Waals surface area contributed by atoms with Crippen LogP contribution < -0.4 is 4.74 Å². The highest BCUT2D eigenvalue weighted by atomic mass is 16.5. The third kappa shape index (κ3) is 8.94. The minimum absolute atomic E-state index is 0.166. The molecule has 0 unspecified atom stereocenters. The van der Waals surface area contributed by atoms with Gasteiger partial charge in [0.1, 0.15) is 5.75 Å². The second-order valence-corrected chi connectivity index (χ2v) is 9.71. The van der Waals surface area contributed by atoms with Crippen LogP contribution in [-0.4, -0.2) is 36.6 Å². The van der Waals surface area contributed by atoms with Gasteiger partial charge in [0.15, 0.2) is 0 Å². The molecule has 1 aromatic carbocycles. The average Bonchev–Trinajstić information content (AvgIpc) is 2.74. The number of unbranched alkanes of at least 4 members (excludes halogenated alkanes) is 8. The van der Waals surface area contributed by atoms with E-state index in [1.165, 1.54) is 44.9 Å². The zero-order valence-electron chi connectivity index (χ0n) is 20.2. The Hall–Kier alpha value is -1.39. The van der Waals surface area contributed by atoms with E-state index in [0.29, 0.717) is 12.2 Å². The van der Waals surface area contributed by atoms with Gasteiger partial charge in [0.25, 0.3) is 0 Å². The van der Waals surface area contributed by atoms with E-state index in [2.05, 4.69) is 25.9 Å². The summed E-state index contributed by atoms with van der Waals surface area (Å²) < 4.78 is 5.62. The quantitative estimate of drug-likeness (QED) is 0.209. The van der Waals surface area contributed by atoms with Crippen molar-refractivity contribution in [3.63, 3.8) is 0 Å². The fourth-order valence-electron chi connectivity index (χ4n) is 4.88. The van der Waals surface area contributed by atoms with Crippen molar-refractivity contribution in [3.8, 4) is 5.75 Å². The Morgan fingerprint density at radius 2 is 1.74 bits per heavy atom. The highest BCUT2D eigenvalue weighted by Gasteiger charge is 2.40. The Bertz CT molecular complexity index is 645. The highest BCUT2D eigenvalue weighted by molar-refractivity contribution is 5.72. The van der Waals surface area contributed by atoms with Gasteiger partial charge in [-0.05, 0) is 51.1 Å². The molecule has 0 aromatic heterocycles. The topological polar surface area (TPSA) is 49.8 Å². The lowest BCUT2D eigenvalue weighted by molar-refractivity contribution is -0.134. The maximum absolute atomic E-state index is 12.3. The van der Waals surface area contributed by atoms with Crippen molar-refractivity contribution in [2.75, 3.05) is 20.6 Å². The van der Waals surface area contributed by atoms with Gasteiger partial charge in [0.05, 0.1) is 5.60 Å². The lowest BCUT2D eigenvalue weighted by Gasteiger charge is -2.41. The van der Waals surface area contributed by atoms with Gasteiger partial charge in [-0.1, -0.05) is 83.3 Å². The van der Waals surface area contributed by atoms with E-state index in [-0.39, 0.29) is 11.9 Å². The first kappa shape index (κ1) is 25.9. The van der Waals surface area contributed by atoms with Crippen LogP contribution in [0.15, 0.2) is 24.3 Å². The lowest BCUT2D eigenvalue weighted by Crippen LogP contribution is -2.43. The normalized spacial score (nSPS) is 21.4. The maximum atomic E-state index is 12.3. The van der Waals surface area contributed by atoms with Gasteiger partial charge >= 0.3 is 5.97 Å². The van der Waals surface area contributed by atoms with Gasteiger partial charge in [0, 0.05) is 18.9 Å². The zero-order chi connectivity index (χ0) is 22.5. The van der Waals surface area contributed by atoms with Gasteiger partial charge in [-0.25, -0.2) is 0 Å². The van der Waals surface area contributed by atoms with E-state index in [9.17, 15) is 9.90 Å². The molecule has 4 heteroatoms. The van der Waals surface area contributed by atoms with Crippen LogP contribution in [0.4, 0.5) is 0 Å². The molecule has 0 aliphatic heterocycles. The van der Waals surface area contributed by atoms with Crippen LogP contribution in [0, 0.1) is 5.92 Å².